The first-order valence-corrected chi connectivity index (χ1v) is 10.3. The number of nitriles is 1. The summed E-state index contributed by atoms with van der Waals surface area (Å²) in [7, 11) is 6.69. The Labute approximate surface area is 206 Å². The number of hydrogen-bond acceptors (Lipinski definition) is 7. The highest BCUT2D eigenvalue weighted by Crippen LogP contribution is 2.39. The molecule has 0 N–H and O–H groups in total. The van der Waals surface area contributed by atoms with Crippen molar-refractivity contribution < 1.29 is 22.7 Å². The highest BCUT2D eigenvalue weighted by Gasteiger charge is 2.35. The van der Waals surface area contributed by atoms with Gasteiger partial charge in [0.25, 0.3) is 0 Å². The van der Waals surface area contributed by atoms with E-state index in [0.717, 1.165) is 6.07 Å². The Morgan fingerprint density at radius 2 is 1.94 bits per heavy atom. The van der Waals surface area contributed by atoms with Gasteiger partial charge in [0.2, 0.25) is 5.91 Å². The topological polar surface area (TPSA) is 100 Å². The zero-order valence-electron chi connectivity index (χ0n) is 19.6. The molecule has 0 aliphatic carbocycles. The molecule has 1 amide bonds. The van der Waals surface area contributed by atoms with Crippen LogP contribution in [-0.2, 0) is 18.0 Å². The molecule has 2 aromatic heterocycles. The van der Waals surface area contributed by atoms with Crippen LogP contribution in [0.15, 0.2) is 24.3 Å². The number of amides is 1. The van der Waals surface area contributed by atoms with E-state index < -0.39 is 11.7 Å². The van der Waals surface area contributed by atoms with Gasteiger partial charge in [-0.1, -0.05) is 5.21 Å². The fraction of sp³-hybridized carbons (Fsp3) is 0.409. The molecule has 0 atom stereocenters. The van der Waals surface area contributed by atoms with Crippen LogP contribution in [0.4, 0.5) is 13.2 Å². The number of rotatable bonds is 8. The third kappa shape index (κ3) is 6.58. The molecule has 0 bridgehead atoms. The lowest BCUT2D eigenvalue weighted by atomic mass is 10.1. The van der Waals surface area contributed by atoms with E-state index in [1.165, 1.54) is 27.8 Å². The summed E-state index contributed by atoms with van der Waals surface area (Å²) < 4.78 is 48.2. The molecule has 9 nitrogen and oxygen atoms in total. The molecule has 0 spiro atoms. The molecule has 3 rings (SSSR count). The number of fused-ring (bicyclic) bond motifs is 1. The van der Waals surface area contributed by atoms with E-state index in [9.17, 15) is 23.2 Å². The van der Waals surface area contributed by atoms with Crippen molar-refractivity contribution in [3.05, 3.63) is 35.5 Å². The number of halogens is 4. The molecule has 0 radical (unpaired) electrons. The van der Waals surface area contributed by atoms with Crippen molar-refractivity contribution in [1.29, 1.82) is 5.26 Å². The summed E-state index contributed by atoms with van der Waals surface area (Å²) in [4.78, 5) is 19.1. The lowest BCUT2D eigenvalue weighted by Crippen LogP contribution is -2.35. The fourth-order valence-corrected chi connectivity index (χ4v) is 3.26. The normalized spacial score (nSPS) is 11.3. The van der Waals surface area contributed by atoms with Crippen LogP contribution in [0.3, 0.4) is 0 Å². The van der Waals surface area contributed by atoms with Crippen molar-refractivity contribution in [3.63, 3.8) is 0 Å². The number of likely N-dealkylation sites (N-methyl/N-ethyl adjacent to an activating group) is 2. The van der Waals surface area contributed by atoms with Crippen LogP contribution in [0, 0.1) is 11.3 Å². The third-order valence-corrected chi connectivity index (χ3v) is 5.13. The molecule has 35 heavy (non-hydrogen) atoms. The first-order chi connectivity index (χ1) is 16.0. The van der Waals surface area contributed by atoms with E-state index in [-0.39, 0.29) is 59.7 Å². The van der Waals surface area contributed by atoms with E-state index in [4.69, 9.17) is 4.74 Å². The summed E-state index contributed by atoms with van der Waals surface area (Å²) in [5.74, 6) is -0.362. The lowest BCUT2D eigenvalue weighted by molar-refractivity contribution is -0.139. The SMILES string of the molecule is CN(CCCOc1ccc(-c2cc3c(nnn3C)c(C#N)n2)cc1C(F)(F)F)CC(=O)N(C)C.Cl. The van der Waals surface area contributed by atoms with Crippen LogP contribution in [0.2, 0.25) is 0 Å². The summed E-state index contributed by atoms with van der Waals surface area (Å²) in [6.45, 7) is 0.745. The third-order valence-electron chi connectivity index (χ3n) is 5.13. The van der Waals surface area contributed by atoms with Crippen LogP contribution in [0.25, 0.3) is 22.3 Å². The Morgan fingerprint density at radius 3 is 2.57 bits per heavy atom. The van der Waals surface area contributed by atoms with Crippen LogP contribution >= 0.6 is 12.4 Å². The largest absolute Gasteiger partial charge is 0.493 e. The van der Waals surface area contributed by atoms with Gasteiger partial charge in [-0.2, -0.15) is 18.4 Å². The van der Waals surface area contributed by atoms with Gasteiger partial charge in [0, 0.05) is 33.3 Å². The second-order valence-electron chi connectivity index (χ2n) is 7.99. The first kappa shape index (κ1) is 27.8. The predicted molar refractivity (Wildman–Crippen MR) is 125 cm³/mol. The van der Waals surface area contributed by atoms with E-state index >= 15 is 0 Å². The van der Waals surface area contributed by atoms with E-state index in [1.54, 1.807) is 33.1 Å². The Kier molecular flexibility index (Phi) is 9.00. The van der Waals surface area contributed by atoms with Crippen molar-refractivity contribution in [2.24, 2.45) is 7.05 Å². The van der Waals surface area contributed by atoms with Gasteiger partial charge in [0.05, 0.1) is 29.9 Å². The van der Waals surface area contributed by atoms with E-state index in [0.29, 0.717) is 18.5 Å². The van der Waals surface area contributed by atoms with Gasteiger partial charge in [0.1, 0.15) is 17.3 Å². The van der Waals surface area contributed by atoms with Crippen LogP contribution in [0.5, 0.6) is 5.75 Å². The van der Waals surface area contributed by atoms with Gasteiger partial charge in [0.15, 0.2) is 5.69 Å². The summed E-state index contributed by atoms with van der Waals surface area (Å²) in [6.07, 6.45) is -4.22. The zero-order valence-corrected chi connectivity index (χ0v) is 20.4. The molecule has 0 saturated carbocycles. The van der Waals surface area contributed by atoms with Gasteiger partial charge >= 0.3 is 6.18 Å². The molecule has 188 valence electrons. The molecule has 0 fully saturated rings. The minimum Gasteiger partial charge on any atom is -0.493 e. The average molecular weight is 512 g/mol. The Hall–Kier alpha value is -3.43. The van der Waals surface area contributed by atoms with Gasteiger partial charge in [-0.25, -0.2) is 9.67 Å². The number of benzene rings is 1. The van der Waals surface area contributed by atoms with Crippen LogP contribution < -0.4 is 4.74 Å². The minimum absolute atomic E-state index is 0. The molecule has 0 saturated heterocycles. The highest BCUT2D eigenvalue weighted by molar-refractivity contribution is 5.85. The summed E-state index contributed by atoms with van der Waals surface area (Å²) in [5.41, 5.74) is 0.172. The number of pyridine rings is 1. The minimum atomic E-state index is -4.66. The second kappa shape index (κ2) is 11.3. The van der Waals surface area contributed by atoms with Gasteiger partial charge in [-0.05, 0) is 37.7 Å². The molecule has 3 aromatic rings. The Bertz CT molecular complexity index is 1240. The van der Waals surface area contributed by atoms with Crippen molar-refractivity contribution in [2.45, 2.75) is 12.6 Å². The smallest absolute Gasteiger partial charge is 0.419 e. The number of nitrogens with zero attached hydrogens (tertiary/aromatic N) is 7. The maximum atomic E-state index is 13.8. The fourth-order valence-electron chi connectivity index (χ4n) is 3.26. The summed E-state index contributed by atoms with van der Waals surface area (Å²) in [6, 6.07) is 7.11. The monoisotopic (exact) mass is 511 g/mol. The van der Waals surface area contributed by atoms with E-state index in [1.807, 2.05) is 6.07 Å². The molecule has 0 aliphatic heterocycles. The second-order valence-corrected chi connectivity index (χ2v) is 7.99. The zero-order chi connectivity index (χ0) is 25.0. The van der Waals surface area contributed by atoms with Crippen LogP contribution in [0.1, 0.15) is 17.7 Å². The predicted octanol–water partition coefficient (Wildman–Crippen LogP) is 3.13. The summed E-state index contributed by atoms with van der Waals surface area (Å²) >= 11 is 0. The van der Waals surface area contributed by atoms with Gasteiger partial charge in [-0.3, -0.25) is 9.69 Å². The molecular formula is C22H25ClF3N7O2. The van der Waals surface area contributed by atoms with E-state index in [2.05, 4.69) is 15.3 Å². The average Bonchev–Trinajstić information content (AvgIpc) is 3.16. The van der Waals surface area contributed by atoms with Gasteiger partial charge in [-0.15, -0.1) is 17.5 Å². The molecule has 2 heterocycles. The lowest BCUT2D eigenvalue weighted by Gasteiger charge is -2.19. The molecule has 0 unspecified atom stereocenters. The Balaban J connectivity index is 0.00000432. The van der Waals surface area contributed by atoms with Crippen molar-refractivity contribution in [2.75, 3.05) is 40.8 Å². The summed E-state index contributed by atoms with van der Waals surface area (Å²) in [5, 5.41) is 17.1. The maximum Gasteiger partial charge on any atom is 0.419 e. The molecule has 1 aromatic carbocycles. The number of carbonyl (C=O) groups excluding carboxylic acids is 1. The number of hydrogen-bond donors (Lipinski definition) is 0. The molecule has 0 aliphatic rings. The van der Waals surface area contributed by atoms with Crippen molar-refractivity contribution in [3.8, 4) is 23.1 Å². The standard InChI is InChI=1S/C22H24F3N7O2.ClH/c1-30(2)20(33)13-31(3)8-5-9-34-19-7-6-14(10-15(19)22(23,24)25)16-11-18-21(17(12-26)27-16)28-29-32(18)4;/h6-7,10-11H,5,8-9,13H2,1-4H3;1H. The van der Waals surface area contributed by atoms with Crippen molar-refractivity contribution >= 4 is 29.3 Å². The number of carbonyl (C=O) groups is 1. The quantitative estimate of drug-likeness (QED) is 0.428. The first-order valence-electron chi connectivity index (χ1n) is 10.3. The van der Waals surface area contributed by atoms with Crippen molar-refractivity contribution in [1.82, 2.24) is 29.8 Å². The van der Waals surface area contributed by atoms with Crippen LogP contribution in [-0.4, -0.2) is 76.5 Å². The number of aromatic nitrogens is 4. The Morgan fingerprint density at radius 1 is 1.23 bits per heavy atom. The molecular weight excluding hydrogens is 487 g/mol. The van der Waals surface area contributed by atoms with Gasteiger partial charge < -0.3 is 9.64 Å². The highest BCUT2D eigenvalue weighted by atomic mass is 35.5. The number of aryl methyl sites for hydroxylation is 1. The maximum absolute atomic E-state index is 13.8. The molecule has 13 heteroatoms. The number of ether oxygens (including phenoxy) is 1. The number of alkyl halides is 3.